The Morgan fingerprint density at radius 3 is 2.29 bits per heavy atom. The van der Waals surface area contributed by atoms with Crippen LogP contribution in [0.2, 0.25) is 0 Å². The molecule has 0 aliphatic rings. The summed E-state index contributed by atoms with van der Waals surface area (Å²) in [4.78, 5) is 27.6. The molecule has 0 unspecified atom stereocenters. The second-order valence-corrected chi connectivity index (χ2v) is 9.87. The van der Waals surface area contributed by atoms with Crippen molar-refractivity contribution in [1.29, 1.82) is 0 Å². The van der Waals surface area contributed by atoms with Crippen LogP contribution in [0.1, 0.15) is 32.8 Å². The molecular weight excluding hydrogens is 454 g/mol. The van der Waals surface area contributed by atoms with E-state index in [0.29, 0.717) is 25.3 Å². The Morgan fingerprint density at radius 1 is 1.03 bits per heavy atom. The van der Waals surface area contributed by atoms with Gasteiger partial charge in [0.15, 0.2) is 0 Å². The zero-order chi connectivity index (χ0) is 25.1. The van der Waals surface area contributed by atoms with E-state index >= 15 is 0 Å². The number of ether oxygens (including phenoxy) is 1. The van der Waals surface area contributed by atoms with Crippen molar-refractivity contribution >= 4 is 27.5 Å². The summed E-state index contributed by atoms with van der Waals surface area (Å²) in [6, 6.07) is 15.6. The molecule has 1 N–H and O–H groups in total. The van der Waals surface area contributed by atoms with Crippen molar-refractivity contribution in [1.82, 2.24) is 10.2 Å². The molecule has 0 radical (unpaired) electrons. The number of para-hydroxylation sites is 2. The Kier molecular flexibility index (Phi) is 10.4. The van der Waals surface area contributed by atoms with Gasteiger partial charge in [-0.25, -0.2) is 8.42 Å². The average Bonchev–Trinajstić information content (AvgIpc) is 2.81. The maximum atomic E-state index is 13.5. The Bertz CT molecular complexity index is 1040. The third-order valence-electron chi connectivity index (χ3n) is 5.31. The van der Waals surface area contributed by atoms with Crippen LogP contribution in [0.25, 0.3) is 0 Å². The molecule has 1 atom stereocenters. The fraction of sp³-hybridized carbons (Fsp3) is 0.440. The normalized spacial score (nSPS) is 12.0. The van der Waals surface area contributed by atoms with Gasteiger partial charge in [-0.3, -0.25) is 13.9 Å². The molecule has 0 saturated carbocycles. The SMILES string of the molecule is CCCNC(=O)[C@H](C)N(CCc1ccccc1)C(=O)CN(c1ccccc1OCC)S(C)(=O)=O. The number of carbonyl (C=O) groups excluding carboxylic acids is 2. The van der Waals surface area contributed by atoms with Crippen molar-refractivity contribution in [3.8, 4) is 5.75 Å². The monoisotopic (exact) mass is 489 g/mol. The van der Waals surface area contributed by atoms with Crippen LogP contribution in [0.15, 0.2) is 54.6 Å². The van der Waals surface area contributed by atoms with E-state index in [1.54, 1.807) is 38.1 Å². The first kappa shape index (κ1) is 27.2. The highest BCUT2D eigenvalue weighted by Gasteiger charge is 2.30. The first-order chi connectivity index (χ1) is 16.2. The van der Waals surface area contributed by atoms with Crippen LogP contribution in [0.4, 0.5) is 5.69 Å². The number of carbonyl (C=O) groups is 2. The lowest BCUT2D eigenvalue weighted by Gasteiger charge is -2.31. The maximum absolute atomic E-state index is 13.5. The van der Waals surface area contributed by atoms with Gasteiger partial charge in [-0.1, -0.05) is 49.4 Å². The number of nitrogens with zero attached hydrogens (tertiary/aromatic N) is 2. The van der Waals surface area contributed by atoms with E-state index in [0.717, 1.165) is 22.5 Å². The first-order valence-corrected chi connectivity index (χ1v) is 13.3. The van der Waals surface area contributed by atoms with E-state index in [2.05, 4.69) is 5.32 Å². The fourth-order valence-electron chi connectivity index (χ4n) is 3.50. The summed E-state index contributed by atoms with van der Waals surface area (Å²) in [6.45, 7) is 6.09. The molecule has 34 heavy (non-hydrogen) atoms. The molecule has 0 bridgehead atoms. The topological polar surface area (TPSA) is 96.0 Å². The summed E-state index contributed by atoms with van der Waals surface area (Å²) in [6.07, 6.45) is 2.35. The molecule has 0 saturated heterocycles. The molecule has 8 nitrogen and oxygen atoms in total. The van der Waals surface area contributed by atoms with Crippen molar-refractivity contribution in [2.45, 2.75) is 39.7 Å². The molecule has 0 aliphatic carbocycles. The Hall–Kier alpha value is -3.07. The lowest BCUT2D eigenvalue weighted by molar-refractivity contribution is -0.138. The predicted molar refractivity (Wildman–Crippen MR) is 134 cm³/mol. The largest absolute Gasteiger partial charge is 0.492 e. The summed E-state index contributed by atoms with van der Waals surface area (Å²) in [5.41, 5.74) is 1.30. The summed E-state index contributed by atoms with van der Waals surface area (Å²) >= 11 is 0. The van der Waals surface area contributed by atoms with Crippen LogP contribution in [-0.2, 0) is 26.0 Å². The average molecular weight is 490 g/mol. The molecule has 0 aliphatic heterocycles. The van der Waals surface area contributed by atoms with Crippen molar-refractivity contribution in [2.24, 2.45) is 0 Å². The highest BCUT2D eigenvalue weighted by Crippen LogP contribution is 2.30. The summed E-state index contributed by atoms with van der Waals surface area (Å²) in [5.74, 6) is -0.372. The molecular formula is C25H35N3O5S. The van der Waals surface area contributed by atoms with Crippen LogP contribution in [0.3, 0.4) is 0 Å². The number of sulfonamides is 1. The smallest absolute Gasteiger partial charge is 0.244 e. The van der Waals surface area contributed by atoms with Crippen LogP contribution in [0, 0.1) is 0 Å². The number of hydrogen-bond donors (Lipinski definition) is 1. The predicted octanol–water partition coefficient (Wildman–Crippen LogP) is 2.84. The molecule has 0 heterocycles. The lowest BCUT2D eigenvalue weighted by Crippen LogP contribution is -2.52. The summed E-state index contributed by atoms with van der Waals surface area (Å²) in [7, 11) is -3.81. The van der Waals surface area contributed by atoms with Gasteiger partial charge in [0, 0.05) is 13.1 Å². The highest BCUT2D eigenvalue weighted by atomic mass is 32.2. The number of anilines is 1. The minimum atomic E-state index is -3.81. The standard InChI is InChI=1S/C25H35N3O5S/c1-5-17-26-25(30)20(3)27(18-16-21-12-8-7-9-13-21)24(29)19-28(34(4,31)32)22-14-10-11-15-23(22)33-6-2/h7-15,20H,5-6,16-19H2,1-4H3,(H,26,30)/t20-/m0/s1. The number of rotatable bonds is 13. The third-order valence-corrected chi connectivity index (χ3v) is 6.44. The molecule has 2 aromatic carbocycles. The van der Waals surface area contributed by atoms with Crippen LogP contribution in [0.5, 0.6) is 5.75 Å². The van der Waals surface area contributed by atoms with Crippen molar-refractivity contribution in [2.75, 3.05) is 36.8 Å². The van der Waals surface area contributed by atoms with Gasteiger partial charge >= 0.3 is 0 Å². The van der Waals surface area contributed by atoms with Gasteiger partial charge in [0.1, 0.15) is 18.3 Å². The molecule has 2 amide bonds. The third kappa shape index (κ3) is 7.76. The van der Waals surface area contributed by atoms with Crippen molar-refractivity contribution in [3.63, 3.8) is 0 Å². The zero-order valence-electron chi connectivity index (χ0n) is 20.4. The number of hydrogen-bond acceptors (Lipinski definition) is 5. The minimum absolute atomic E-state index is 0.272. The first-order valence-electron chi connectivity index (χ1n) is 11.5. The zero-order valence-corrected chi connectivity index (χ0v) is 21.2. The maximum Gasteiger partial charge on any atom is 0.244 e. The second-order valence-electron chi connectivity index (χ2n) is 7.96. The molecule has 0 spiro atoms. The van der Waals surface area contributed by atoms with Gasteiger partial charge < -0.3 is 15.0 Å². The van der Waals surface area contributed by atoms with Gasteiger partial charge in [0.25, 0.3) is 0 Å². The molecule has 0 aromatic heterocycles. The summed E-state index contributed by atoms with van der Waals surface area (Å²) < 4.78 is 32.0. The molecule has 2 aromatic rings. The highest BCUT2D eigenvalue weighted by molar-refractivity contribution is 7.92. The van der Waals surface area contributed by atoms with Gasteiger partial charge in [-0.05, 0) is 44.4 Å². The van der Waals surface area contributed by atoms with Gasteiger partial charge in [0.05, 0.1) is 18.6 Å². The number of amides is 2. The second kappa shape index (κ2) is 13.0. The fourth-order valence-corrected chi connectivity index (χ4v) is 4.35. The van der Waals surface area contributed by atoms with E-state index in [9.17, 15) is 18.0 Å². The van der Waals surface area contributed by atoms with Gasteiger partial charge in [-0.2, -0.15) is 0 Å². The van der Waals surface area contributed by atoms with E-state index in [4.69, 9.17) is 4.74 Å². The minimum Gasteiger partial charge on any atom is -0.492 e. The molecule has 0 fully saturated rings. The van der Waals surface area contributed by atoms with Crippen molar-refractivity contribution in [3.05, 3.63) is 60.2 Å². The van der Waals surface area contributed by atoms with Crippen molar-refractivity contribution < 1.29 is 22.7 Å². The van der Waals surface area contributed by atoms with E-state index in [1.165, 1.54) is 4.90 Å². The van der Waals surface area contributed by atoms with Gasteiger partial charge in [-0.15, -0.1) is 0 Å². The van der Waals surface area contributed by atoms with E-state index < -0.39 is 28.5 Å². The lowest BCUT2D eigenvalue weighted by atomic mass is 10.1. The number of benzene rings is 2. The Morgan fingerprint density at radius 2 is 1.68 bits per heavy atom. The number of nitrogens with one attached hydrogen (secondary N) is 1. The van der Waals surface area contributed by atoms with Crippen LogP contribution >= 0.6 is 0 Å². The molecule has 9 heteroatoms. The quantitative estimate of drug-likeness (QED) is 0.467. The van der Waals surface area contributed by atoms with Gasteiger partial charge in [0.2, 0.25) is 21.8 Å². The molecule has 186 valence electrons. The van der Waals surface area contributed by atoms with Crippen LogP contribution in [-0.4, -0.2) is 63.7 Å². The molecule has 2 rings (SSSR count). The Balaban J connectivity index is 2.34. The van der Waals surface area contributed by atoms with Crippen LogP contribution < -0.4 is 14.4 Å². The Labute approximate surface area is 202 Å². The summed E-state index contributed by atoms with van der Waals surface area (Å²) in [5, 5.41) is 2.82. The van der Waals surface area contributed by atoms with E-state index in [1.807, 2.05) is 37.3 Å². The van der Waals surface area contributed by atoms with E-state index in [-0.39, 0.29) is 18.1 Å².